The molecule has 3 nitrogen and oxygen atoms in total. The quantitative estimate of drug-likeness (QED) is 0.554. The second-order valence-electron chi connectivity index (χ2n) is 3.98. The zero-order chi connectivity index (χ0) is 12.7. The molecule has 0 saturated carbocycles. The molecule has 0 heterocycles. The van der Waals surface area contributed by atoms with Gasteiger partial charge in [-0.15, -0.1) is 0 Å². The highest BCUT2D eigenvalue weighted by Crippen LogP contribution is 2.19. The van der Waals surface area contributed by atoms with Crippen molar-refractivity contribution in [3.63, 3.8) is 0 Å². The summed E-state index contributed by atoms with van der Waals surface area (Å²) in [5.41, 5.74) is 0.415. The fraction of sp³-hybridized carbons (Fsp3) is 0.462. The van der Waals surface area contributed by atoms with E-state index in [-0.39, 0.29) is 0 Å². The molecule has 4 heteroatoms. The predicted octanol–water partition coefficient (Wildman–Crippen LogP) is 3.13. The van der Waals surface area contributed by atoms with Crippen LogP contribution in [-0.4, -0.2) is 30.5 Å². The van der Waals surface area contributed by atoms with E-state index in [0.717, 1.165) is 19.4 Å². The third-order valence-electron chi connectivity index (χ3n) is 2.43. The fourth-order valence-corrected chi connectivity index (χ4v) is 1.58. The maximum absolute atomic E-state index is 11.2. The first kappa shape index (κ1) is 14.0. The zero-order valence-corrected chi connectivity index (χ0v) is 11.0. The normalized spacial score (nSPS) is 10.6. The molecular weight excluding hydrogens is 238 g/mol. The minimum atomic E-state index is -0.489. The number of carbonyl (C=O) groups excluding carboxylic acids is 1. The Kier molecular flexibility index (Phi) is 6.01. The Bertz CT molecular complexity index is 368. The summed E-state index contributed by atoms with van der Waals surface area (Å²) >= 11 is 5.47. The van der Waals surface area contributed by atoms with Gasteiger partial charge < -0.3 is 4.74 Å². The van der Waals surface area contributed by atoms with E-state index in [9.17, 15) is 4.79 Å². The van der Waals surface area contributed by atoms with Crippen molar-refractivity contribution >= 4 is 16.8 Å². The molecule has 1 aromatic carbocycles. The molecule has 17 heavy (non-hydrogen) atoms. The van der Waals surface area contributed by atoms with Gasteiger partial charge in [0.1, 0.15) is 12.5 Å². The smallest absolute Gasteiger partial charge is 0.256 e. The monoisotopic (exact) mass is 255 g/mol. The largest absolute Gasteiger partial charge is 0.477 e. The van der Waals surface area contributed by atoms with Crippen molar-refractivity contribution in [2.75, 3.05) is 20.3 Å². The van der Waals surface area contributed by atoms with Crippen LogP contribution in [0.3, 0.4) is 0 Å². The Balaban J connectivity index is 2.54. The molecule has 0 amide bonds. The van der Waals surface area contributed by atoms with Gasteiger partial charge in [0.2, 0.25) is 0 Å². The van der Waals surface area contributed by atoms with Crippen LogP contribution in [-0.2, 0) is 0 Å². The maximum Gasteiger partial charge on any atom is 0.256 e. The molecule has 0 fully saturated rings. The van der Waals surface area contributed by atoms with Crippen LogP contribution in [0.25, 0.3) is 0 Å². The van der Waals surface area contributed by atoms with Crippen molar-refractivity contribution in [1.29, 1.82) is 0 Å². The number of hydrogen-bond donors (Lipinski definition) is 0. The van der Waals surface area contributed by atoms with Crippen LogP contribution in [0.5, 0.6) is 5.75 Å². The Hall–Kier alpha value is -1.06. The highest BCUT2D eigenvalue weighted by atomic mass is 35.5. The SMILES string of the molecule is CCCCN(C)COc1ccccc1C(=O)Cl. The number of nitrogens with zero attached hydrogens (tertiary/aromatic N) is 1. The van der Waals surface area contributed by atoms with Crippen LogP contribution in [0.15, 0.2) is 24.3 Å². The Morgan fingerprint density at radius 1 is 1.41 bits per heavy atom. The van der Waals surface area contributed by atoms with Gasteiger partial charge in [-0.1, -0.05) is 25.5 Å². The van der Waals surface area contributed by atoms with Gasteiger partial charge in [0, 0.05) is 6.54 Å². The summed E-state index contributed by atoms with van der Waals surface area (Å²) in [6.07, 6.45) is 2.29. The van der Waals surface area contributed by atoms with Gasteiger partial charge in [-0.3, -0.25) is 9.69 Å². The average Bonchev–Trinajstić information content (AvgIpc) is 2.34. The Morgan fingerprint density at radius 2 is 2.12 bits per heavy atom. The minimum absolute atomic E-state index is 0.415. The van der Waals surface area contributed by atoms with Crippen LogP contribution in [0.1, 0.15) is 30.1 Å². The molecule has 0 aromatic heterocycles. The van der Waals surface area contributed by atoms with E-state index in [4.69, 9.17) is 16.3 Å². The summed E-state index contributed by atoms with van der Waals surface area (Å²) in [5, 5.41) is -0.489. The maximum atomic E-state index is 11.2. The molecule has 0 atom stereocenters. The molecule has 0 spiro atoms. The van der Waals surface area contributed by atoms with Crippen LogP contribution in [0, 0.1) is 0 Å². The molecule has 0 aliphatic rings. The third-order valence-corrected chi connectivity index (χ3v) is 2.64. The van der Waals surface area contributed by atoms with Gasteiger partial charge in [0.05, 0.1) is 5.56 Å². The zero-order valence-electron chi connectivity index (χ0n) is 10.3. The van der Waals surface area contributed by atoms with E-state index in [1.165, 1.54) is 0 Å². The van der Waals surface area contributed by atoms with Gasteiger partial charge in [-0.2, -0.15) is 0 Å². The number of hydrogen-bond acceptors (Lipinski definition) is 3. The molecular formula is C13H18ClNO2. The molecule has 94 valence electrons. The molecule has 1 aromatic rings. The number of rotatable bonds is 7. The Morgan fingerprint density at radius 3 is 2.76 bits per heavy atom. The average molecular weight is 256 g/mol. The summed E-state index contributed by atoms with van der Waals surface area (Å²) in [5.74, 6) is 0.538. The van der Waals surface area contributed by atoms with Crippen LogP contribution in [0.2, 0.25) is 0 Å². The van der Waals surface area contributed by atoms with E-state index < -0.39 is 5.24 Å². The van der Waals surface area contributed by atoms with E-state index in [2.05, 4.69) is 11.8 Å². The topological polar surface area (TPSA) is 29.5 Å². The van der Waals surface area contributed by atoms with Crippen molar-refractivity contribution in [3.05, 3.63) is 29.8 Å². The lowest BCUT2D eigenvalue weighted by molar-refractivity contribution is 0.106. The van der Waals surface area contributed by atoms with Gasteiger partial charge in [0.25, 0.3) is 5.24 Å². The first-order valence-corrected chi connectivity index (χ1v) is 6.13. The summed E-state index contributed by atoms with van der Waals surface area (Å²) in [7, 11) is 1.99. The van der Waals surface area contributed by atoms with Crippen molar-refractivity contribution in [2.45, 2.75) is 19.8 Å². The molecule has 0 bridgehead atoms. The second-order valence-corrected chi connectivity index (χ2v) is 4.32. The lowest BCUT2D eigenvalue weighted by atomic mass is 10.2. The van der Waals surface area contributed by atoms with E-state index in [1.807, 2.05) is 13.1 Å². The van der Waals surface area contributed by atoms with Crippen molar-refractivity contribution in [1.82, 2.24) is 4.90 Å². The Labute approximate surface area is 107 Å². The molecule has 0 aliphatic carbocycles. The number of carbonyl (C=O) groups is 1. The lowest BCUT2D eigenvalue weighted by Gasteiger charge is -2.17. The number of ether oxygens (including phenoxy) is 1. The van der Waals surface area contributed by atoms with Gasteiger partial charge >= 0.3 is 0 Å². The van der Waals surface area contributed by atoms with Crippen LogP contribution >= 0.6 is 11.6 Å². The van der Waals surface area contributed by atoms with Crippen LogP contribution < -0.4 is 4.74 Å². The van der Waals surface area contributed by atoms with Gasteiger partial charge in [-0.25, -0.2) is 0 Å². The fourth-order valence-electron chi connectivity index (χ4n) is 1.43. The van der Waals surface area contributed by atoms with Crippen molar-refractivity contribution in [3.8, 4) is 5.75 Å². The first-order chi connectivity index (χ1) is 8.15. The highest BCUT2D eigenvalue weighted by Gasteiger charge is 2.09. The van der Waals surface area contributed by atoms with Crippen molar-refractivity contribution < 1.29 is 9.53 Å². The molecule has 0 aliphatic heterocycles. The lowest BCUT2D eigenvalue weighted by Crippen LogP contribution is -2.25. The van der Waals surface area contributed by atoms with E-state index >= 15 is 0 Å². The first-order valence-electron chi connectivity index (χ1n) is 5.75. The molecule has 0 N–H and O–H groups in total. The summed E-state index contributed by atoms with van der Waals surface area (Å²) in [6, 6.07) is 7.01. The standard InChI is InChI=1S/C13H18ClNO2/c1-3-4-9-15(2)10-17-12-8-6-5-7-11(12)13(14)16/h5-8H,3-4,9-10H2,1-2H3. The number of halogens is 1. The third kappa shape index (κ3) is 4.75. The van der Waals surface area contributed by atoms with E-state index in [0.29, 0.717) is 18.0 Å². The number of para-hydroxylation sites is 1. The molecule has 0 unspecified atom stereocenters. The highest BCUT2D eigenvalue weighted by molar-refractivity contribution is 6.68. The summed E-state index contributed by atoms with van der Waals surface area (Å²) in [4.78, 5) is 13.2. The number of benzene rings is 1. The van der Waals surface area contributed by atoms with Gasteiger partial charge in [-0.05, 0) is 37.2 Å². The van der Waals surface area contributed by atoms with Crippen molar-refractivity contribution in [2.24, 2.45) is 0 Å². The summed E-state index contributed by atoms with van der Waals surface area (Å²) < 4.78 is 5.58. The van der Waals surface area contributed by atoms with E-state index in [1.54, 1.807) is 18.2 Å². The molecule has 1 rings (SSSR count). The molecule has 0 radical (unpaired) electrons. The number of unbranched alkanes of at least 4 members (excludes halogenated alkanes) is 1. The molecule has 0 saturated heterocycles. The van der Waals surface area contributed by atoms with Crippen LogP contribution in [0.4, 0.5) is 0 Å². The minimum Gasteiger partial charge on any atom is -0.477 e. The van der Waals surface area contributed by atoms with Gasteiger partial charge in [0.15, 0.2) is 0 Å². The summed E-state index contributed by atoms with van der Waals surface area (Å²) in [6.45, 7) is 3.59. The predicted molar refractivity (Wildman–Crippen MR) is 69.7 cm³/mol. The second kappa shape index (κ2) is 7.30.